The Bertz CT molecular complexity index is 870. The lowest BCUT2D eigenvalue weighted by Crippen LogP contribution is -2.21. The third-order valence-electron chi connectivity index (χ3n) is 3.31. The predicted octanol–water partition coefficient (Wildman–Crippen LogP) is 3.08. The lowest BCUT2D eigenvalue weighted by Gasteiger charge is -2.10. The standard InChI is InChI=1S/C18H15F3N2O4S/c19-18(20,21)11-5-7-12(8-6-11)23-16(25)9-27-17(26)13-3-1-2-4-14(13)28-10-15(22)24/h1-8H,9-10H2,(H2,22,24)(H,23,25). The van der Waals surface area contributed by atoms with Crippen LogP contribution < -0.4 is 11.1 Å². The van der Waals surface area contributed by atoms with Gasteiger partial charge in [0.2, 0.25) is 5.91 Å². The van der Waals surface area contributed by atoms with Crippen molar-refractivity contribution in [2.24, 2.45) is 5.73 Å². The SMILES string of the molecule is NC(=O)CSc1ccccc1C(=O)OCC(=O)Nc1ccc(C(F)(F)F)cc1. The molecule has 0 atom stereocenters. The Kier molecular flexibility index (Phi) is 7.05. The van der Waals surface area contributed by atoms with Gasteiger partial charge in [0.25, 0.3) is 5.91 Å². The van der Waals surface area contributed by atoms with Gasteiger partial charge in [-0.1, -0.05) is 12.1 Å². The summed E-state index contributed by atoms with van der Waals surface area (Å²) in [5.41, 5.74) is 4.53. The van der Waals surface area contributed by atoms with E-state index >= 15 is 0 Å². The summed E-state index contributed by atoms with van der Waals surface area (Å²) >= 11 is 1.06. The van der Waals surface area contributed by atoms with Gasteiger partial charge in [-0.25, -0.2) is 4.79 Å². The number of benzene rings is 2. The molecular formula is C18H15F3N2O4S. The van der Waals surface area contributed by atoms with Crippen molar-refractivity contribution in [3.05, 3.63) is 59.7 Å². The first kappa shape index (κ1) is 21.3. The number of carbonyl (C=O) groups excluding carboxylic acids is 3. The molecule has 0 aliphatic carbocycles. The molecule has 2 rings (SSSR count). The number of nitrogens with two attached hydrogens (primary N) is 1. The first-order valence-corrected chi connectivity index (χ1v) is 8.80. The molecule has 3 N–H and O–H groups in total. The highest BCUT2D eigenvalue weighted by molar-refractivity contribution is 8.00. The summed E-state index contributed by atoms with van der Waals surface area (Å²) < 4.78 is 42.5. The summed E-state index contributed by atoms with van der Waals surface area (Å²) in [7, 11) is 0. The first-order chi connectivity index (χ1) is 13.2. The van der Waals surface area contributed by atoms with E-state index in [1.807, 2.05) is 0 Å². The summed E-state index contributed by atoms with van der Waals surface area (Å²) in [5.74, 6) is -2.08. The topological polar surface area (TPSA) is 98.5 Å². The van der Waals surface area contributed by atoms with Crippen molar-refractivity contribution in [3.8, 4) is 0 Å². The first-order valence-electron chi connectivity index (χ1n) is 7.81. The van der Waals surface area contributed by atoms with Crippen molar-refractivity contribution < 1.29 is 32.3 Å². The summed E-state index contributed by atoms with van der Waals surface area (Å²) in [6.07, 6.45) is -4.47. The maximum absolute atomic E-state index is 12.5. The van der Waals surface area contributed by atoms with E-state index in [0.29, 0.717) is 4.90 Å². The molecule has 2 amide bonds. The van der Waals surface area contributed by atoms with Crippen LogP contribution in [0.2, 0.25) is 0 Å². The van der Waals surface area contributed by atoms with Gasteiger partial charge in [0, 0.05) is 10.6 Å². The molecule has 148 valence electrons. The van der Waals surface area contributed by atoms with Crippen LogP contribution in [0.1, 0.15) is 15.9 Å². The molecule has 0 spiro atoms. The van der Waals surface area contributed by atoms with Crippen molar-refractivity contribution in [3.63, 3.8) is 0 Å². The van der Waals surface area contributed by atoms with Crippen LogP contribution in [-0.4, -0.2) is 30.1 Å². The lowest BCUT2D eigenvalue weighted by molar-refractivity contribution is -0.137. The van der Waals surface area contributed by atoms with Gasteiger partial charge in [0.05, 0.1) is 16.9 Å². The molecule has 6 nitrogen and oxygen atoms in total. The van der Waals surface area contributed by atoms with Crippen LogP contribution >= 0.6 is 11.8 Å². The number of carbonyl (C=O) groups is 3. The molecule has 10 heteroatoms. The molecule has 0 bridgehead atoms. The van der Waals surface area contributed by atoms with Crippen molar-refractivity contribution >= 4 is 35.2 Å². The lowest BCUT2D eigenvalue weighted by atomic mass is 10.2. The summed E-state index contributed by atoms with van der Waals surface area (Å²) in [6, 6.07) is 10.2. The van der Waals surface area contributed by atoms with Crippen LogP contribution in [0.15, 0.2) is 53.4 Å². The number of esters is 1. The van der Waals surface area contributed by atoms with E-state index in [2.05, 4.69) is 5.32 Å². The van der Waals surface area contributed by atoms with Crippen LogP contribution in [0.25, 0.3) is 0 Å². The average molecular weight is 412 g/mol. The zero-order chi connectivity index (χ0) is 20.7. The van der Waals surface area contributed by atoms with E-state index in [1.54, 1.807) is 18.2 Å². The highest BCUT2D eigenvalue weighted by atomic mass is 32.2. The van der Waals surface area contributed by atoms with Crippen LogP contribution in [0.4, 0.5) is 18.9 Å². The van der Waals surface area contributed by atoms with Gasteiger partial charge in [0.1, 0.15) is 0 Å². The number of alkyl halides is 3. The van der Waals surface area contributed by atoms with E-state index in [4.69, 9.17) is 10.5 Å². The fourth-order valence-corrected chi connectivity index (χ4v) is 2.84. The van der Waals surface area contributed by atoms with Gasteiger partial charge in [-0.15, -0.1) is 11.8 Å². The maximum Gasteiger partial charge on any atom is 0.416 e. The predicted molar refractivity (Wildman–Crippen MR) is 96.7 cm³/mol. The number of hydrogen-bond acceptors (Lipinski definition) is 5. The maximum atomic E-state index is 12.5. The fourth-order valence-electron chi connectivity index (χ4n) is 2.06. The minimum atomic E-state index is -4.47. The molecule has 0 aliphatic rings. The van der Waals surface area contributed by atoms with E-state index in [0.717, 1.165) is 36.0 Å². The zero-order valence-electron chi connectivity index (χ0n) is 14.3. The number of nitrogens with one attached hydrogen (secondary N) is 1. The molecule has 0 radical (unpaired) electrons. The minimum absolute atomic E-state index is 0.0291. The third kappa shape index (κ3) is 6.31. The Morgan fingerprint density at radius 1 is 1.04 bits per heavy atom. The Labute approximate surface area is 162 Å². The van der Waals surface area contributed by atoms with Gasteiger partial charge >= 0.3 is 12.1 Å². The van der Waals surface area contributed by atoms with Crippen molar-refractivity contribution in [1.82, 2.24) is 0 Å². The average Bonchev–Trinajstić information content (AvgIpc) is 2.64. The smallest absolute Gasteiger partial charge is 0.416 e. The molecule has 0 unspecified atom stereocenters. The van der Waals surface area contributed by atoms with Crippen LogP contribution in [-0.2, 0) is 20.5 Å². The van der Waals surface area contributed by atoms with E-state index in [-0.39, 0.29) is 17.0 Å². The van der Waals surface area contributed by atoms with Gasteiger partial charge in [0.15, 0.2) is 6.61 Å². The monoisotopic (exact) mass is 412 g/mol. The number of amides is 2. The second-order valence-corrected chi connectivity index (χ2v) is 6.47. The Balaban J connectivity index is 1.92. The molecule has 0 saturated carbocycles. The quantitative estimate of drug-likeness (QED) is 0.538. The second kappa shape index (κ2) is 9.27. The molecule has 0 saturated heterocycles. The Hall–Kier alpha value is -3.01. The van der Waals surface area contributed by atoms with Crippen LogP contribution in [0.5, 0.6) is 0 Å². The van der Waals surface area contributed by atoms with Gasteiger partial charge in [-0.05, 0) is 36.4 Å². The van der Waals surface area contributed by atoms with Gasteiger partial charge in [-0.2, -0.15) is 13.2 Å². The highest BCUT2D eigenvalue weighted by Gasteiger charge is 2.30. The zero-order valence-corrected chi connectivity index (χ0v) is 15.1. The van der Waals surface area contributed by atoms with Crippen molar-refractivity contribution in [2.45, 2.75) is 11.1 Å². The molecule has 0 fully saturated rings. The van der Waals surface area contributed by atoms with Crippen molar-refractivity contribution in [1.29, 1.82) is 0 Å². The number of ether oxygens (including phenoxy) is 1. The van der Waals surface area contributed by atoms with Crippen LogP contribution in [0.3, 0.4) is 0 Å². The molecule has 2 aromatic carbocycles. The summed E-state index contributed by atoms with van der Waals surface area (Å²) in [4.78, 5) is 35.4. The number of hydrogen-bond donors (Lipinski definition) is 2. The highest BCUT2D eigenvalue weighted by Crippen LogP contribution is 2.29. The fraction of sp³-hybridized carbons (Fsp3) is 0.167. The molecule has 0 aromatic heterocycles. The second-order valence-electron chi connectivity index (χ2n) is 5.45. The molecule has 2 aromatic rings. The number of primary amides is 1. The normalized spacial score (nSPS) is 11.0. The van der Waals surface area contributed by atoms with E-state index in [1.165, 1.54) is 6.07 Å². The minimum Gasteiger partial charge on any atom is -0.452 e. The molecule has 0 heterocycles. The third-order valence-corrected chi connectivity index (χ3v) is 4.40. The summed E-state index contributed by atoms with van der Waals surface area (Å²) in [6.45, 7) is -0.630. The van der Waals surface area contributed by atoms with E-state index in [9.17, 15) is 27.6 Å². The largest absolute Gasteiger partial charge is 0.452 e. The van der Waals surface area contributed by atoms with Crippen LogP contribution in [0, 0.1) is 0 Å². The van der Waals surface area contributed by atoms with Crippen molar-refractivity contribution in [2.75, 3.05) is 17.7 Å². The molecular weight excluding hydrogens is 397 g/mol. The van der Waals surface area contributed by atoms with Gasteiger partial charge in [-0.3, -0.25) is 9.59 Å². The van der Waals surface area contributed by atoms with Gasteiger partial charge < -0.3 is 15.8 Å². The number of thioether (sulfide) groups is 1. The summed E-state index contributed by atoms with van der Waals surface area (Å²) in [5, 5.41) is 2.33. The molecule has 28 heavy (non-hydrogen) atoms. The number of halogens is 3. The van der Waals surface area contributed by atoms with E-state index < -0.39 is 36.1 Å². The Morgan fingerprint density at radius 2 is 1.68 bits per heavy atom. The number of rotatable bonds is 7. The Morgan fingerprint density at radius 3 is 2.29 bits per heavy atom. The molecule has 0 aliphatic heterocycles. The number of anilines is 1.